The minimum atomic E-state index is -0.118. The molecule has 0 heterocycles. The van der Waals surface area contributed by atoms with Crippen molar-refractivity contribution in [2.45, 2.75) is 97.0 Å². The van der Waals surface area contributed by atoms with E-state index in [1.165, 1.54) is 49.7 Å². The molecule has 3 rings (SSSR count). The average molecular weight is 467 g/mol. The number of esters is 1. The molecule has 34 heavy (non-hydrogen) atoms. The molecule has 1 aliphatic carbocycles. The van der Waals surface area contributed by atoms with Crippen molar-refractivity contribution in [2.24, 2.45) is 5.92 Å². The number of carbonyl (C=O) groups excluding carboxylic acids is 1. The summed E-state index contributed by atoms with van der Waals surface area (Å²) in [7, 11) is 0. The monoisotopic (exact) mass is 466 g/mol. The van der Waals surface area contributed by atoms with Crippen molar-refractivity contribution in [3.63, 3.8) is 0 Å². The molecule has 0 unspecified atom stereocenters. The van der Waals surface area contributed by atoms with Gasteiger partial charge in [-0.15, -0.1) is 0 Å². The first-order chi connectivity index (χ1) is 16.7. The fourth-order valence-corrected chi connectivity index (χ4v) is 4.50. The molecule has 2 aromatic carbocycles. The summed E-state index contributed by atoms with van der Waals surface area (Å²) in [5.74, 6) is 1.32. The third-order valence-corrected chi connectivity index (χ3v) is 6.74. The lowest BCUT2D eigenvalue weighted by atomic mass is 9.87. The molecule has 4 nitrogen and oxygen atoms in total. The van der Waals surface area contributed by atoms with E-state index in [2.05, 4.69) is 38.1 Å². The molecule has 0 aromatic heterocycles. The minimum Gasteiger partial charge on any atom is -0.468 e. The predicted octanol–water partition coefficient (Wildman–Crippen LogP) is 7.67. The summed E-state index contributed by atoms with van der Waals surface area (Å²) in [4.78, 5) is 12.6. The van der Waals surface area contributed by atoms with Gasteiger partial charge in [-0.1, -0.05) is 63.8 Å². The van der Waals surface area contributed by atoms with Crippen LogP contribution in [0.15, 0.2) is 48.5 Å². The van der Waals surface area contributed by atoms with E-state index in [-0.39, 0.29) is 24.8 Å². The molecule has 1 fully saturated rings. The summed E-state index contributed by atoms with van der Waals surface area (Å²) in [5, 5.41) is 0. The van der Waals surface area contributed by atoms with Crippen LogP contribution >= 0.6 is 0 Å². The number of hydrogen-bond acceptors (Lipinski definition) is 4. The highest BCUT2D eigenvalue weighted by Gasteiger charge is 2.28. The molecule has 186 valence electrons. The van der Waals surface area contributed by atoms with Crippen molar-refractivity contribution < 1.29 is 19.0 Å². The van der Waals surface area contributed by atoms with Crippen LogP contribution in [0.3, 0.4) is 0 Å². The number of benzene rings is 2. The second kappa shape index (κ2) is 14.8. The fraction of sp³-hybridized carbons (Fsp3) is 0.567. The smallest absolute Gasteiger partial charge is 0.314 e. The van der Waals surface area contributed by atoms with Crippen molar-refractivity contribution in [3.8, 4) is 11.5 Å². The molecule has 4 heteroatoms. The van der Waals surface area contributed by atoms with Gasteiger partial charge in [0.05, 0.1) is 12.0 Å². The Morgan fingerprint density at radius 2 is 1.26 bits per heavy atom. The normalized spacial score (nSPS) is 17.9. The summed E-state index contributed by atoms with van der Waals surface area (Å²) >= 11 is 0. The molecule has 0 atom stereocenters. The lowest BCUT2D eigenvalue weighted by Crippen LogP contribution is -2.29. The van der Waals surface area contributed by atoms with Gasteiger partial charge in [0.15, 0.2) is 6.79 Å². The SMILES string of the molecule is CCCCCc1ccc(OCOC2CCC(C(=O)Oc3ccc(CCCCC)cc3)CC2)cc1. The molecule has 1 aliphatic rings. The molecule has 1 saturated carbocycles. The van der Waals surface area contributed by atoms with Crippen molar-refractivity contribution in [2.75, 3.05) is 6.79 Å². The van der Waals surface area contributed by atoms with E-state index < -0.39 is 0 Å². The molecule has 2 aromatic rings. The highest BCUT2D eigenvalue weighted by atomic mass is 16.7. The van der Waals surface area contributed by atoms with E-state index in [1.54, 1.807) is 0 Å². The first-order valence-corrected chi connectivity index (χ1v) is 13.3. The van der Waals surface area contributed by atoms with Crippen molar-refractivity contribution in [3.05, 3.63) is 59.7 Å². The van der Waals surface area contributed by atoms with Crippen LogP contribution in [0.2, 0.25) is 0 Å². The summed E-state index contributed by atoms with van der Waals surface area (Å²) < 4.78 is 17.3. The van der Waals surface area contributed by atoms with Gasteiger partial charge in [-0.3, -0.25) is 4.79 Å². The number of ether oxygens (including phenoxy) is 3. The predicted molar refractivity (Wildman–Crippen MR) is 137 cm³/mol. The summed E-state index contributed by atoms with van der Waals surface area (Å²) in [6, 6.07) is 16.3. The van der Waals surface area contributed by atoms with Crippen molar-refractivity contribution in [1.82, 2.24) is 0 Å². The molecule has 0 radical (unpaired) electrons. The highest BCUT2D eigenvalue weighted by molar-refractivity contribution is 5.75. The van der Waals surface area contributed by atoms with Crippen LogP contribution in [0.1, 0.15) is 89.2 Å². The van der Waals surface area contributed by atoms with Crippen molar-refractivity contribution in [1.29, 1.82) is 0 Å². The zero-order valence-corrected chi connectivity index (χ0v) is 21.1. The van der Waals surface area contributed by atoms with Crippen LogP contribution in [-0.4, -0.2) is 18.9 Å². The van der Waals surface area contributed by atoms with E-state index in [0.717, 1.165) is 44.3 Å². The third-order valence-electron chi connectivity index (χ3n) is 6.74. The van der Waals surface area contributed by atoms with Gasteiger partial charge >= 0.3 is 5.97 Å². The topological polar surface area (TPSA) is 44.8 Å². The molecule has 0 saturated heterocycles. The Labute approximate surface area is 206 Å². The van der Waals surface area contributed by atoms with Crippen LogP contribution in [0.5, 0.6) is 11.5 Å². The van der Waals surface area contributed by atoms with Crippen LogP contribution in [0, 0.1) is 5.92 Å². The van der Waals surface area contributed by atoms with Gasteiger partial charge in [0.25, 0.3) is 0 Å². The number of unbranched alkanes of at least 4 members (excludes halogenated alkanes) is 4. The Hall–Kier alpha value is -2.33. The molecule has 0 aliphatic heterocycles. The minimum absolute atomic E-state index is 0.0507. The Balaban J connectivity index is 1.31. The van der Waals surface area contributed by atoms with Gasteiger partial charge in [0, 0.05) is 0 Å². The van der Waals surface area contributed by atoms with E-state index in [4.69, 9.17) is 14.2 Å². The lowest BCUT2D eigenvalue weighted by Gasteiger charge is -2.27. The molecule has 0 amide bonds. The van der Waals surface area contributed by atoms with Crippen LogP contribution in [-0.2, 0) is 22.4 Å². The Kier molecular flexibility index (Phi) is 11.5. The van der Waals surface area contributed by atoms with Gasteiger partial charge in [0.2, 0.25) is 0 Å². The van der Waals surface area contributed by atoms with E-state index in [9.17, 15) is 4.79 Å². The van der Waals surface area contributed by atoms with E-state index in [0.29, 0.717) is 5.75 Å². The van der Waals surface area contributed by atoms with E-state index >= 15 is 0 Å². The van der Waals surface area contributed by atoms with Gasteiger partial charge < -0.3 is 14.2 Å². The number of aryl methyl sites for hydroxylation is 2. The Morgan fingerprint density at radius 3 is 1.79 bits per heavy atom. The second-order valence-electron chi connectivity index (χ2n) is 9.53. The quantitative estimate of drug-likeness (QED) is 0.124. The van der Waals surface area contributed by atoms with Crippen molar-refractivity contribution >= 4 is 5.97 Å². The largest absolute Gasteiger partial charge is 0.468 e. The summed E-state index contributed by atoms with van der Waals surface area (Å²) in [6.45, 7) is 4.69. The molecule has 0 N–H and O–H groups in total. The zero-order valence-electron chi connectivity index (χ0n) is 21.1. The maximum atomic E-state index is 12.6. The Bertz CT molecular complexity index is 820. The lowest BCUT2D eigenvalue weighted by molar-refractivity contribution is -0.141. The first kappa shape index (κ1) is 26.3. The number of rotatable bonds is 14. The number of carbonyl (C=O) groups is 1. The average Bonchev–Trinajstić information content (AvgIpc) is 2.87. The maximum Gasteiger partial charge on any atom is 0.314 e. The molecule has 0 spiro atoms. The number of hydrogen-bond donors (Lipinski definition) is 0. The molecular weight excluding hydrogens is 424 g/mol. The fourth-order valence-electron chi connectivity index (χ4n) is 4.50. The van der Waals surface area contributed by atoms with Gasteiger partial charge in [-0.25, -0.2) is 0 Å². The van der Waals surface area contributed by atoms with Crippen LogP contribution < -0.4 is 9.47 Å². The van der Waals surface area contributed by atoms with Crippen LogP contribution in [0.25, 0.3) is 0 Å². The van der Waals surface area contributed by atoms with E-state index in [1.807, 2.05) is 24.3 Å². The third kappa shape index (κ3) is 9.13. The summed E-state index contributed by atoms with van der Waals surface area (Å²) in [5.41, 5.74) is 2.66. The van der Waals surface area contributed by atoms with Gasteiger partial charge in [0.1, 0.15) is 11.5 Å². The summed E-state index contributed by atoms with van der Waals surface area (Å²) in [6.07, 6.45) is 13.1. The van der Waals surface area contributed by atoms with Gasteiger partial charge in [-0.05, 0) is 86.8 Å². The molecule has 0 bridgehead atoms. The standard InChI is InChI=1S/C30H42O4/c1-3-5-7-9-24-11-17-27(18-12-24)32-23-33-28-21-15-26(16-22-28)30(31)34-29-19-13-25(14-20-29)10-8-6-4-2/h11-14,17-20,26,28H,3-10,15-16,21-23H2,1-2H3. The van der Waals surface area contributed by atoms with Crippen LogP contribution in [0.4, 0.5) is 0 Å². The first-order valence-electron chi connectivity index (χ1n) is 13.3. The zero-order chi connectivity index (χ0) is 24.0. The Morgan fingerprint density at radius 1 is 0.735 bits per heavy atom. The second-order valence-corrected chi connectivity index (χ2v) is 9.53. The van der Waals surface area contributed by atoms with Gasteiger partial charge in [-0.2, -0.15) is 0 Å². The highest BCUT2D eigenvalue weighted by Crippen LogP contribution is 2.28. The molecular formula is C30H42O4. The maximum absolute atomic E-state index is 12.6.